The molecule has 0 saturated heterocycles. The van der Waals surface area contributed by atoms with Crippen molar-refractivity contribution < 1.29 is 9.90 Å². The maximum Gasteiger partial charge on any atom is 0.321 e. The van der Waals surface area contributed by atoms with Crippen LogP contribution in [-0.2, 0) is 23.3 Å². The topological polar surface area (TPSA) is 67.2 Å². The average Bonchev–Trinajstić information content (AvgIpc) is 2.96. The molecule has 1 aromatic heterocycles. The van der Waals surface area contributed by atoms with Crippen LogP contribution in [0.5, 0.6) is 0 Å². The Morgan fingerprint density at radius 3 is 2.94 bits per heavy atom. The van der Waals surface area contributed by atoms with Gasteiger partial charge < -0.3 is 9.67 Å². The predicted octanol–water partition coefficient (Wildman–Crippen LogP) is 1.27. The van der Waals surface area contributed by atoms with E-state index in [9.17, 15) is 9.90 Å². The minimum atomic E-state index is -0.766. The fraction of sp³-hybridized carbons (Fsp3) is 0.692. The molecule has 1 fully saturated rings. The van der Waals surface area contributed by atoms with E-state index in [0.29, 0.717) is 6.42 Å². The molecule has 0 radical (unpaired) electrons. The SMILES string of the molecule is CCn1cnc2c1C1(CCCC1)NC(C(=O)O)C2. The molecule has 18 heavy (non-hydrogen) atoms. The van der Waals surface area contributed by atoms with Gasteiger partial charge in [-0.25, -0.2) is 4.98 Å². The molecule has 1 aliphatic carbocycles. The van der Waals surface area contributed by atoms with E-state index >= 15 is 0 Å². The van der Waals surface area contributed by atoms with Crippen LogP contribution in [0.3, 0.4) is 0 Å². The molecule has 98 valence electrons. The smallest absolute Gasteiger partial charge is 0.321 e. The molecule has 5 heteroatoms. The van der Waals surface area contributed by atoms with E-state index < -0.39 is 12.0 Å². The monoisotopic (exact) mass is 249 g/mol. The van der Waals surface area contributed by atoms with Crippen LogP contribution in [0.15, 0.2) is 6.33 Å². The lowest BCUT2D eigenvalue weighted by molar-refractivity contribution is -0.140. The summed E-state index contributed by atoms with van der Waals surface area (Å²) < 4.78 is 2.17. The van der Waals surface area contributed by atoms with E-state index in [4.69, 9.17) is 0 Å². The van der Waals surface area contributed by atoms with Gasteiger partial charge in [0.05, 0.1) is 23.3 Å². The first-order chi connectivity index (χ1) is 8.66. The first kappa shape index (κ1) is 11.7. The molecule has 0 aromatic carbocycles. The lowest BCUT2D eigenvalue weighted by atomic mass is 9.84. The van der Waals surface area contributed by atoms with Crippen molar-refractivity contribution in [2.75, 3.05) is 0 Å². The van der Waals surface area contributed by atoms with Gasteiger partial charge >= 0.3 is 5.97 Å². The molecule has 5 nitrogen and oxygen atoms in total. The van der Waals surface area contributed by atoms with Gasteiger partial charge in [-0.1, -0.05) is 12.8 Å². The van der Waals surface area contributed by atoms with Gasteiger partial charge in [0.1, 0.15) is 6.04 Å². The van der Waals surface area contributed by atoms with Crippen LogP contribution in [0, 0.1) is 0 Å². The lowest BCUT2D eigenvalue weighted by Gasteiger charge is -2.38. The minimum absolute atomic E-state index is 0.150. The van der Waals surface area contributed by atoms with E-state index in [2.05, 4.69) is 21.8 Å². The first-order valence-electron chi connectivity index (χ1n) is 6.71. The number of carboxylic acids is 1. The highest BCUT2D eigenvalue weighted by Gasteiger charge is 2.46. The van der Waals surface area contributed by atoms with Gasteiger partial charge in [-0.2, -0.15) is 0 Å². The molecule has 1 aliphatic heterocycles. The van der Waals surface area contributed by atoms with Crippen LogP contribution in [0.25, 0.3) is 0 Å². The minimum Gasteiger partial charge on any atom is -0.480 e. The van der Waals surface area contributed by atoms with E-state index in [-0.39, 0.29) is 5.54 Å². The normalized spacial score (nSPS) is 25.3. The zero-order chi connectivity index (χ0) is 12.8. The summed E-state index contributed by atoms with van der Waals surface area (Å²) >= 11 is 0. The Morgan fingerprint density at radius 1 is 1.61 bits per heavy atom. The van der Waals surface area contributed by atoms with Crippen molar-refractivity contribution in [3.8, 4) is 0 Å². The lowest BCUT2D eigenvalue weighted by Crippen LogP contribution is -2.55. The Labute approximate surface area is 106 Å². The van der Waals surface area contributed by atoms with Gasteiger partial charge in [0.15, 0.2) is 0 Å². The van der Waals surface area contributed by atoms with Gasteiger partial charge in [0.2, 0.25) is 0 Å². The van der Waals surface area contributed by atoms with Crippen LogP contribution < -0.4 is 5.32 Å². The zero-order valence-electron chi connectivity index (χ0n) is 10.6. The Hall–Kier alpha value is -1.36. The number of nitrogens with one attached hydrogen (secondary N) is 1. The summed E-state index contributed by atoms with van der Waals surface area (Å²) in [5.41, 5.74) is 2.06. The standard InChI is InChI=1S/C13H19N3O2/c1-2-16-8-14-9-7-10(12(17)18)15-13(11(9)16)5-3-4-6-13/h8,10,15H,2-7H2,1H3,(H,17,18). The van der Waals surface area contributed by atoms with Crippen LogP contribution in [-0.4, -0.2) is 26.7 Å². The number of hydrogen-bond donors (Lipinski definition) is 2. The number of carboxylic acid groups (broad SMARTS) is 1. The average molecular weight is 249 g/mol. The molecule has 1 saturated carbocycles. The number of fused-ring (bicyclic) bond motifs is 2. The highest BCUT2D eigenvalue weighted by Crippen LogP contribution is 2.43. The molecule has 0 amide bonds. The Balaban J connectivity index is 2.08. The summed E-state index contributed by atoms with van der Waals surface area (Å²) in [5.74, 6) is -0.766. The third kappa shape index (κ3) is 1.57. The second-order valence-electron chi connectivity index (χ2n) is 5.35. The number of imidazole rings is 1. The number of aliphatic carboxylic acids is 1. The molecular formula is C13H19N3O2. The van der Waals surface area contributed by atoms with Crippen molar-refractivity contribution in [1.29, 1.82) is 0 Å². The van der Waals surface area contributed by atoms with Gasteiger partial charge in [-0.15, -0.1) is 0 Å². The summed E-state index contributed by atoms with van der Waals surface area (Å²) in [7, 11) is 0. The molecule has 1 atom stereocenters. The number of nitrogens with zero attached hydrogens (tertiary/aromatic N) is 2. The fourth-order valence-electron chi connectivity index (χ4n) is 3.52. The Kier molecular flexibility index (Phi) is 2.66. The van der Waals surface area contributed by atoms with Crippen molar-refractivity contribution in [3.63, 3.8) is 0 Å². The van der Waals surface area contributed by atoms with Crippen molar-refractivity contribution in [2.24, 2.45) is 0 Å². The van der Waals surface area contributed by atoms with E-state index in [1.54, 1.807) is 0 Å². The third-order valence-corrected chi connectivity index (χ3v) is 4.31. The van der Waals surface area contributed by atoms with E-state index in [1.807, 2.05) is 6.33 Å². The van der Waals surface area contributed by atoms with Gasteiger partial charge in [-0.3, -0.25) is 10.1 Å². The molecule has 0 bridgehead atoms. The molecule has 3 rings (SSSR count). The van der Waals surface area contributed by atoms with Crippen LogP contribution in [0.2, 0.25) is 0 Å². The Morgan fingerprint density at radius 2 is 2.33 bits per heavy atom. The number of hydrogen-bond acceptors (Lipinski definition) is 3. The third-order valence-electron chi connectivity index (χ3n) is 4.31. The maximum absolute atomic E-state index is 11.3. The number of rotatable bonds is 2. The number of aryl methyl sites for hydroxylation is 1. The fourth-order valence-corrected chi connectivity index (χ4v) is 3.52. The van der Waals surface area contributed by atoms with E-state index in [0.717, 1.165) is 37.9 Å². The number of carbonyl (C=O) groups is 1. The number of aromatic nitrogens is 2. The molecular weight excluding hydrogens is 230 g/mol. The van der Waals surface area contributed by atoms with Crippen molar-refractivity contribution in [2.45, 2.75) is 57.2 Å². The maximum atomic E-state index is 11.3. The molecule has 2 aliphatic rings. The quantitative estimate of drug-likeness (QED) is 0.828. The van der Waals surface area contributed by atoms with Gasteiger partial charge in [-0.05, 0) is 19.8 Å². The van der Waals surface area contributed by atoms with Crippen LogP contribution in [0.4, 0.5) is 0 Å². The summed E-state index contributed by atoms with van der Waals surface area (Å²) in [4.78, 5) is 15.7. The molecule has 1 unspecified atom stereocenters. The van der Waals surface area contributed by atoms with Crippen molar-refractivity contribution in [1.82, 2.24) is 14.9 Å². The summed E-state index contributed by atoms with van der Waals surface area (Å²) in [6.45, 7) is 3.00. The molecule has 2 N–H and O–H groups in total. The highest BCUT2D eigenvalue weighted by atomic mass is 16.4. The summed E-state index contributed by atoms with van der Waals surface area (Å²) in [6, 6.07) is -0.490. The van der Waals surface area contributed by atoms with Crippen molar-refractivity contribution in [3.05, 3.63) is 17.7 Å². The van der Waals surface area contributed by atoms with Gasteiger partial charge in [0.25, 0.3) is 0 Å². The van der Waals surface area contributed by atoms with Gasteiger partial charge in [0, 0.05) is 13.0 Å². The predicted molar refractivity (Wildman–Crippen MR) is 66.3 cm³/mol. The van der Waals surface area contributed by atoms with E-state index in [1.165, 1.54) is 5.69 Å². The molecule has 2 heterocycles. The zero-order valence-corrected chi connectivity index (χ0v) is 10.6. The summed E-state index contributed by atoms with van der Waals surface area (Å²) in [5, 5.41) is 12.7. The molecule has 1 aromatic rings. The highest BCUT2D eigenvalue weighted by molar-refractivity contribution is 5.74. The second kappa shape index (κ2) is 4.09. The van der Waals surface area contributed by atoms with Crippen LogP contribution >= 0.6 is 0 Å². The first-order valence-corrected chi connectivity index (χ1v) is 6.71. The molecule has 1 spiro atoms. The van der Waals surface area contributed by atoms with Crippen LogP contribution in [0.1, 0.15) is 44.0 Å². The largest absolute Gasteiger partial charge is 0.480 e. The Bertz CT molecular complexity index is 475. The van der Waals surface area contributed by atoms with Crippen molar-refractivity contribution >= 4 is 5.97 Å². The summed E-state index contributed by atoms with van der Waals surface area (Å²) in [6.07, 6.45) is 6.72. The second-order valence-corrected chi connectivity index (χ2v) is 5.35.